The molecule has 0 aromatic rings. The second kappa shape index (κ2) is 5.31. The lowest BCUT2D eigenvalue weighted by Crippen LogP contribution is -2.16. The largest absolute Gasteiger partial charge is 0.370 e. The average molecular weight is 170 g/mol. The number of carbonyl (C=O) groups excluding carboxylic acids is 1. The number of rotatable bonds is 3. The minimum absolute atomic E-state index is 0.138. The van der Waals surface area contributed by atoms with E-state index in [9.17, 15) is 4.79 Å². The lowest BCUT2D eigenvalue weighted by atomic mass is 10.1. The molecule has 2 heteroatoms. The van der Waals surface area contributed by atoms with Crippen LogP contribution < -0.4 is 0 Å². The van der Waals surface area contributed by atoms with E-state index in [1.165, 1.54) is 25.7 Å². The van der Waals surface area contributed by atoms with Crippen LogP contribution in [-0.4, -0.2) is 18.5 Å². The standard InChI is InChI=1S/C10H18O2/c1-9(11)8-12-10-6-4-2-3-5-7-10/h10H,2-8H2,1H3. The van der Waals surface area contributed by atoms with Crippen molar-refractivity contribution < 1.29 is 9.53 Å². The van der Waals surface area contributed by atoms with E-state index in [4.69, 9.17) is 4.74 Å². The Morgan fingerprint density at radius 1 is 1.25 bits per heavy atom. The maximum atomic E-state index is 10.6. The fourth-order valence-corrected chi connectivity index (χ4v) is 1.64. The van der Waals surface area contributed by atoms with Crippen molar-refractivity contribution in [2.45, 2.75) is 51.6 Å². The van der Waals surface area contributed by atoms with Gasteiger partial charge in [0, 0.05) is 0 Å². The summed E-state index contributed by atoms with van der Waals surface area (Å²) in [5.41, 5.74) is 0. The quantitative estimate of drug-likeness (QED) is 0.607. The molecule has 2 nitrogen and oxygen atoms in total. The summed E-state index contributed by atoms with van der Waals surface area (Å²) in [6.07, 6.45) is 7.85. The van der Waals surface area contributed by atoms with E-state index < -0.39 is 0 Å². The minimum Gasteiger partial charge on any atom is -0.370 e. The Morgan fingerprint density at radius 2 is 1.83 bits per heavy atom. The molecule has 0 aromatic heterocycles. The third-order valence-electron chi connectivity index (χ3n) is 2.32. The fourth-order valence-electron chi connectivity index (χ4n) is 1.64. The molecule has 1 fully saturated rings. The number of hydrogen-bond acceptors (Lipinski definition) is 2. The van der Waals surface area contributed by atoms with Crippen LogP contribution in [0.15, 0.2) is 0 Å². The summed E-state index contributed by atoms with van der Waals surface area (Å²) in [4.78, 5) is 10.6. The van der Waals surface area contributed by atoms with Crippen LogP contribution in [0.2, 0.25) is 0 Å². The Hall–Kier alpha value is -0.370. The first-order valence-electron chi connectivity index (χ1n) is 4.90. The Balaban J connectivity index is 2.16. The van der Waals surface area contributed by atoms with Crippen molar-refractivity contribution >= 4 is 5.78 Å². The third kappa shape index (κ3) is 3.86. The van der Waals surface area contributed by atoms with Gasteiger partial charge in [-0.25, -0.2) is 0 Å². The molecule has 0 heterocycles. The maximum absolute atomic E-state index is 10.6. The molecular weight excluding hydrogens is 152 g/mol. The van der Waals surface area contributed by atoms with Crippen LogP contribution in [0.25, 0.3) is 0 Å². The lowest BCUT2D eigenvalue weighted by Gasteiger charge is -2.13. The van der Waals surface area contributed by atoms with Crippen LogP contribution >= 0.6 is 0 Å². The first kappa shape index (κ1) is 9.72. The monoisotopic (exact) mass is 170 g/mol. The summed E-state index contributed by atoms with van der Waals surface area (Å²) < 4.78 is 5.47. The highest BCUT2D eigenvalue weighted by atomic mass is 16.5. The van der Waals surface area contributed by atoms with Gasteiger partial charge in [0.05, 0.1) is 6.10 Å². The number of ketones is 1. The highest BCUT2D eigenvalue weighted by Crippen LogP contribution is 2.19. The number of Topliss-reactive ketones (excluding diaryl/α,β-unsaturated/α-hetero) is 1. The van der Waals surface area contributed by atoms with Crippen molar-refractivity contribution in [1.82, 2.24) is 0 Å². The Labute approximate surface area is 74.3 Å². The highest BCUT2D eigenvalue weighted by Gasteiger charge is 2.12. The van der Waals surface area contributed by atoms with Gasteiger partial charge in [0.1, 0.15) is 6.61 Å². The molecule has 0 aromatic carbocycles. The molecule has 0 saturated heterocycles. The van der Waals surface area contributed by atoms with Crippen LogP contribution in [0.1, 0.15) is 45.4 Å². The van der Waals surface area contributed by atoms with Crippen LogP contribution in [-0.2, 0) is 9.53 Å². The molecule has 0 aliphatic heterocycles. The molecular formula is C10H18O2. The molecule has 1 rings (SSSR count). The van der Waals surface area contributed by atoms with Gasteiger partial charge in [0.15, 0.2) is 5.78 Å². The summed E-state index contributed by atoms with van der Waals surface area (Å²) in [6, 6.07) is 0. The minimum atomic E-state index is 0.138. The first-order valence-corrected chi connectivity index (χ1v) is 4.90. The summed E-state index contributed by atoms with van der Waals surface area (Å²) >= 11 is 0. The van der Waals surface area contributed by atoms with Crippen molar-refractivity contribution in [3.63, 3.8) is 0 Å². The molecule has 0 radical (unpaired) electrons. The molecule has 0 atom stereocenters. The van der Waals surface area contributed by atoms with Gasteiger partial charge in [-0.15, -0.1) is 0 Å². The molecule has 0 bridgehead atoms. The van der Waals surface area contributed by atoms with Crippen LogP contribution in [0.5, 0.6) is 0 Å². The zero-order valence-electron chi connectivity index (χ0n) is 7.84. The second-order valence-electron chi connectivity index (χ2n) is 3.63. The van der Waals surface area contributed by atoms with E-state index in [1.54, 1.807) is 6.92 Å². The van der Waals surface area contributed by atoms with Crippen molar-refractivity contribution in [3.8, 4) is 0 Å². The van der Waals surface area contributed by atoms with E-state index in [0.717, 1.165) is 12.8 Å². The van der Waals surface area contributed by atoms with Gasteiger partial charge in [0.25, 0.3) is 0 Å². The van der Waals surface area contributed by atoms with Crippen LogP contribution in [0.4, 0.5) is 0 Å². The molecule has 70 valence electrons. The van der Waals surface area contributed by atoms with E-state index in [1.807, 2.05) is 0 Å². The second-order valence-corrected chi connectivity index (χ2v) is 3.63. The molecule has 0 unspecified atom stereocenters. The molecule has 1 saturated carbocycles. The van der Waals surface area contributed by atoms with Crippen molar-refractivity contribution in [2.24, 2.45) is 0 Å². The summed E-state index contributed by atoms with van der Waals surface area (Å²) in [5.74, 6) is 0.138. The Kier molecular flexibility index (Phi) is 4.30. The van der Waals surface area contributed by atoms with Crippen molar-refractivity contribution in [2.75, 3.05) is 6.61 Å². The van der Waals surface area contributed by atoms with E-state index >= 15 is 0 Å². The number of ether oxygens (including phenoxy) is 1. The van der Waals surface area contributed by atoms with Crippen molar-refractivity contribution in [3.05, 3.63) is 0 Å². The normalized spacial score (nSPS) is 20.4. The van der Waals surface area contributed by atoms with E-state index in [-0.39, 0.29) is 5.78 Å². The highest BCUT2D eigenvalue weighted by molar-refractivity contribution is 5.76. The summed E-state index contributed by atoms with van der Waals surface area (Å²) in [7, 11) is 0. The average Bonchev–Trinajstić information content (AvgIpc) is 2.28. The van der Waals surface area contributed by atoms with Crippen LogP contribution in [0, 0.1) is 0 Å². The van der Waals surface area contributed by atoms with E-state index in [2.05, 4.69) is 0 Å². The zero-order chi connectivity index (χ0) is 8.81. The summed E-state index contributed by atoms with van der Waals surface area (Å²) in [6.45, 7) is 1.89. The smallest absolute Gasteiger partial charge is 0.155 e. The first-order chi connectivity index (χ1) is 5.79. The van der Waals surface area contributed by atoms with Gasteiger partial charge in [-0.1, -0.05) is 25.7 Å². The molecule has 12 heavy (non-hydrogen) atoms. The molecule has 0 amide bonds. The van der Waals surface area contributed by atoms with Gasteiger partial charge in [0.2, 0.25) is 0 Å². The van der Waals surface area contributed by atoms with Gasteiger partial charge in [-0.2, -0.15) is 0 Å². The molecule has 1 aliphatic rings. The topological polar surface area (TPSA) is 26.3 Å². The predicted molar refractivity (Wildman–Crippen MR) is 48.1 cm³/mol. The van der Waals surface area contributed by atoms with E-state index in [0.29, 0.717) is 12.7 Å². The Morgan fingerprint density at radius 3 is 2.33 bits per heavy atom. The van der Waals surface area contributed by atoms with Gasteiger partial charge < -0.3 is 4.74 Å². The molecule has 0 N–H and O–H groups in total. The van der Waals surface area contributed by atoms with Crippen molar-refractivity contribution in [1.29, 1.82) is 0 Å². The number of hydrogen-bond donors (Lipinski definition) is 0. The number of carbonyl (C=O) groups is 1. The molecule has 0 spiro atoms. The zero-order valence-corrected chi connectivity index (χ0v) is 7.84. The maximum Gasteiger partial charge on any atom is 0.155 e. The third-order valence-corrected chi connectivity index (χ3v) is 2.32. The van der Waals surface area contributed by atoms with Gasteiger partial charge in [-0.05, 0) is 19.8 Å². The summed E-state index contributed by atoms with van der Waals surface area (Å²) in [5, 5.41) is 0. The van der Waals surface area contributed by atoms with Gasteiger partial charge in [-0.3, -0.25) is 4.79 Å². The molecule has 1 aliphatic carbocycles. The lowest BCUT2D eigenvalue weighted by molar-refractivity contribution is -0.123. The fraction of sp³-hybridized carbons (Fsp3) is 0.900. The van der Waals surface area contributed by atoms with Gasteiger partial charge >= 0.3 is 0 Å². The SMILES string of the molecule is CC(=O)COC1CCCCCC1. The predicted octanol–water partition coefficient (Wildman–Crippen LogP) is 2.31. The van der Waals surface area contributed by atoms with Crippen LogP contribution in [0.3, 0.4) is 0 Å². The Bertz CT molecular complexity index is 135.